The number of hydrogen-bond donors (Lipinski definition) is 1. The molecule has 1 fully saturated rings. The van der Waals surface area contributed by atoms with Crippen LogP contribution in [0.4, 0.5) is 11.4 Å². The van der Waals surface area contributed by atoms with Crippen LogP contribution in [-0.2, 0) is 8.92 Å². The van der Waals surface area contributed by atoms with Gasteiger partial charge < -0.3 is 14.4 Å². The number of benzene rings is 1. The van der Waals surface area contributed by atoms with Crippen molar-refractivity contribution in [2.24, 2.45) is 0 Å². The fourth-order valence-electron chi connectivity index (χ4n) is 1.70. The lowest BCUT2D eigenvalue weighted by atomic mass is 10.2. The SMILES string of the molecule is CCOSNc1ccc(N2CCOCC2)cc1. The van der Waals surface area contributed by atoms with E-state index in [1.807, 2.05) is 6.92 Å². The molecular weight excluding hydrogens is 236 g/mol. The maximum absolute atomic E-state index is 5.34. The van der Waals surface area contributed by atoms with Crippen LogP contribution in [0.3, 0.4) is 0 Å². The summed E-state index contributed by atoms with van der Waals surface area (Å²) in [6.07, 6.45) is 0. The zero-order valence-corrected chi connectivity index (χ0v) is 10.8. The van der Waals surface area contributed by atoms with Gasteiger partial charge in [-0.25, -0.2) is 0 Å². The minimum atomic E-state index is 0.698. The molecule has 1 aliphatic rings. The Morgan fingerprint density at radius 1 is 1.29 bits per heavy atom. The summed E-state index contributed by atoms with van der Waals surface area (Å²) >= 11 is 1.26. The van der Waals surface area contributed by atoms with Crippen molar-refractivity contribution >= 4 is 23.6 Å². The Morgan fingerprint density at radius 3 is 2.65 bits per heavy atom. The van der Waals surface area contributed by atoms with Gasteiger partial charge in [0.25, 0.3) is 0 Å². The van der Waals surface area contributed by atoms with Gasteiger partial charge in [-0.15, -0.1) is 0 Å². The van der Waals surface area contributed by atoms with Gasteiger partial charge in [0.1, 0.15) is 12.2 Å². The van der Waals surface area contributed by atoms with Gasteiger partial charge in [0.15, 0.2) is 0 Å². The Morgan fingerprint density at radius 2 is 2.00 bits per heavy atom. The van der Waals surface area contributed by atoms with Crippen molar-refractivity contribution in [3.8, 4) is 0 Å². The van der Waals surface area contributed by atoms with E-state index in [9.17, 15) is 0 Å². The highest BCUT2D eigenvalue weighted by molar-refractivity contribution is 7.96. The molecule has 0 aliphatic carbocycles. The van der Waals surface area contributed by atoms with Crippen LogP contribution >= 0.6 is 12.2 Å². The number of ether oxygens (including phenoxy) is 1. The smallest absolute Gasteiger partial charge is 0.111 e. The first-order valence-corrected chi connectivity index (χ1v) is 6.61. The lowest BCUT2D eigenvalue weighted by molar-refractivity contribution is 0.122. The van der Waals surface area contributed by atoms with E-state index >= 15 is 0 Å². The average Bonchev–Trinajstić information content (AvgIpc) is 2.41. The first kappa shape index (κ1) is 12.5. The van der Waals surface area contributed by atoms with Crippen molar-refractivity contribution in [1.82, 2.24) is 0 Å². The third-order valence-electron chi connectivity index (χ3n) is 2.58. The van der Waals surface area contributed by atoms with E-state index in [0.717, 1.165) is 32.0 Å². The highest BCUT2D eigenvalue weighted by atomic mass is 32.2. The molecule has 2 rings (SSSR count). The minimum Gasteiger partial charge on any atom is -0.378 e. The predicted octanol–water partition coefficient (Wildman–Crippen LogP) is 2.53. The van der Waals surface area contributed by atoms with Crippen molar-refractivity contribution in [2.45, 2.75) is 6.92 Å². The largest absolute Gasteiger partial charge is 0.378 e. The molecule has 0 amide bonds. The quantitative estimate of drug-likeness (QED) is 0.496. The van der Waals surface area contributed by atoms with Crippen LogP contribution in [0.2, 0.25) is 0 Å². The molecule has 0 unspecified atom stereocenters. The molecule has 0 bridgehead atoms. The van der Waals surface area contributed by atoms with E-state index in [0.29, 0.717) is 6.61 Å². The molecule has 17 heavy (non-hydrogen) atoms. The van der Waals surface area contributed by atoms with Crippen LogP contribution in [0.1, 0.15) is 6.92 Å². The molecule has 1 N–H and O–H groups in total. The summed E-state index contributed by atoms with van der Waals surface area (Å²) in [4.78, 5) is 2.34. The second-order valence-electron chi connectivity index (χ2n) is 3.74. The van der Waals surface area contributed by atoms with Crippen molar-refractivity contribution in [1.29, 1.82) is 0 Å². The first-order chi connectivity index (χ1) is 8.40. The summed E-state index contributed by atoms with van der Waals surface area (Å²) in [7, 11) is 0. The van der Waals surface area contributed by atoms with Crippen LogP contribution < -0.4 is 9.62 Å². The number of hydrogen-bond acceptors (Lipinski definition) is 5. The van der Waals surface area contributed by atoms with Crippen molar-refractivity contribution in [3.05, 3.63) is 24.3 Å². The van der Waals surface area contributed by atoms with E-state index in [4.69, 9.17) is 8.92 Å². The lowest BCUT2D eigenvalue weighted by Gasteiger charge is -2.28. The maximum Gasteiger partial charge on any atom is 0.111 e. The van der Waals surface area contributed by atoms with E-state index in [2.05, 4.69) is 33.9 Å². The topological polar surface area (TPSA) is 33.7 Å². The van der Waals surface area contributed by atoms with Crippen molar-refractivity contribution < 1.29 is 8.92 Å². The number of anilines is 2. The zero-order chi connectivity index (χ0) is 11.9. The molecule has 1 saturated heterocycles. The molecule has 1 aromatic rings. The summed E-state index contributed by atoms with van der Waals surface area (Å²) in [5.74, 6) is 0. The minimum absolute atomic E-state index is 0.698. The standard InChI is InChI=1S/C12H18N2O2S/c1-2-16-17-13-11-3-5-12(6-4-11)14-7-9-15-10-8-14/h3-6,13H,2,7-10H2,1H3. The molecule has 4 nitrogen and oxygen atoms in total. The van der Waals surface area contributed by atoms with Gasteiger partial charge in [-0.2, -0.15) is 0 Å². The number of morpholine rings is 1. The fourth-order valence-corrected chi connectivity index (χ4v) is 2.11. The average molecular weight is 254 g/mol. The Hall–Kier alpha value is -0.910. The summed E-state index contributed by atoms with van der Waals surface area (Å²) < 4.78 is 13.6. The molecule has 0 radical (unpaired) electrons. The molecule has 5 heteroatoms. The zero-order valence-electron chi connectivity index (χ0n) is 10.0. The Kier molecular flexibility index (Phi) is 4.97. The summed E-state index contributed by atoms with van der Waals surface area (Å²) in [5, 5.41) is 0. The molecule has 0 atom stereocenters. The Bertz CT molecular complexity index is 326. The Balaban J connectivity index is 1.88. The van der Waals surface area contributed by atoms with Gasteiger partial charge in [0.05, 0.1) is 19.8 Å². The van der Waals surface area contributed by atoms with Gasteiger partial charge >= 0.3 is 0 Å². The highest BCUT2D eigenvalue weighted by Crippen LogP contribution is 2.20. The van der Waals surface area contributed by atoms with Crippen LogP contribution in [0.5, 0.6) is 0 Å². The lowest BCUT2D eigenvalue weighted by Crippen LogP contribution is -2.36. The highest BCUT2D eigenvalue weighted by Gasteiger charge is 2.10. The third kappa shape index (κ3) is 3.80. The maximum atomic E-state index is 5.34. The third-order valence-corrected chi connectivity index (χ3v) is 3.25. The Labute approximate surface area is 107 Å². The van der Waals surface area contributed by atoms with Crippen LogP contribution in [0, 0.1) is 0 Å². The van der Waals surface area contributed by atoms with Gasteiger partial charge in [0, 0.05) is 24.5 Å². The van der Waals surface area contributed by atoms with Gasteiger partial charge in [-0.05, 0) is 31.2 Å². The molecule has 0 aromatic heterocycles. The molecule has 1 aromatic carbocycles. The summed E-state index contributed by atoms with van der Waals surface area (Å²) in [6, 6.07) is 8.38. The van der Waals surface area contributed by atoms with E-state index in [1.54, 1.807) is 0 Å². The number of rotatable bonds is 5. The van der Waals surface area contributed by atoms with Gasteiger partial charge in [0.2, 0.25) is 0 Å². The molecule has 94 valence electrons. The summed E-state index contributed by atoms with van der Waals surface area (Å²) in [5.41, 5.74) is 2.31. The second-order valence-corrected chi connectivity index (χ2v) is 4.34. The van der Waals surface area contributed by atoms with E-state index in [1.165, 1.54) is 17.9 Å². The second kappa shape index (κ2) is 6.74. The molecule has 1 aliphatic heterocycles. The normalized spacial score (nSPS) is 15.9. The number of nitrogens with zero attached hydrogens (tertiary/aromatic N) is 1. The van der Waals surface area contributed by atoms with Gasteiger partial charge in [-0.1, -0.05) is 0 Å². The van der Waals surface area contributed by atoms with Crippen LogP contribution in [0.15, 0.2) is 24.3 Å². The first-order valence-electron chi connectivity index (χ1n) is 5.87. The van der Waals surface area contributed by atoms with Crippen LogP contribution in [-0.4, -0.2) is 32.9 Å². The molecule has 0 saturated carbocycles. The number of nitrogens with one attached hydrogen (secondary N) is 1. The van der Waals surface area contributed by atoms with E-state index in [-0.39, 0.29) is 0 Å². The van der Waals surface area contributed by atoms with Crippen molar-refractivity contribution in [3.63, 3.8) is 0 Å². The van der Waals surface area contributed by atoms with E-state index < -0.39 is 0 Å². The fraction of sp³-hybridized carbons (Fsp3) is 0.500. The molecule has 1 heterocycles. The van der Waals surface area contributed by atoms with Crippen molar-refractivity contribution in [2.75, 3.05) is 42.5 Å². The molecular formula is C12H18N2O2S. The van der Waals surface area contributed by atoms with Gasteiger partial charge in [-0.3, -0.25) is 4.18 Å². The molecule has 0 spiro atoms. The van der Waals surface area contributed by atoms with Crippen LogP contribution in [0.25, 0.3) is 0 Å². The predicted molar refractivity (Wildman–Crippen MR) is 72.3 cm³/mol. The summed E-state index contributed by atoms with van der Waals surface area (Å²) in [6.45, 7) is 6.25. The monoisotopic (exact) mass is 254 g/mol.